The second-order valence-corrected chi connectivity index (χ2v) is 6.26. The van der Waals surface area contributed by atoms with Crippen LogP contribution in [-0.2, 0) is 16.1 Å². The number of halogens is 1. The van der Waals surface area contributed by atoms with Crippen LogP contribution in [0.5, 0.6) is 11.5 Å². The van der Waals surface area contributed by atoms with Crippen LogP contribution in [0.2, 0.25) is 5.02 Å². The van der Waals surface area contributed by atoms with Gasteiger partial charge >= 0.3 is 0 Å². The highest BCUT2D eigenvalue weighted by Crippen LogP contribution is 2.36. The maximum Gasteiger partial charge on any atom is 0.255 e. The van der Waals surface area contributed by atoms with Crippen LogP contribution in [0, 0.1) is 0 Å². The zero-order valence-corrected chi connectivity index (χ0v) is 15.3. The molecule has 0 bridgehead atoms. The van der Waals surface area contributed by atoms with Crippen LogP contribution >= 0.6 is 11.6 Å². The van der Waals surface area contributed by atoms with E-state index in [0.29, 0.717) is 23.1 Å². The summed E-state index contributed by atoms with van der Waals surface area (Å²) in [5.41, 5.74) is 6.08. The number of primary amides is 1. The van der Waals surface area contributed by atoms with Crippen molar-refractivity contribution in [2.75, 3.05) is 53.1 Å². The standard InChI is InChI=1S/C17H26ClN3O4/c1-23-15-10-13(9-14(18)17(15)25-12-16(19)22)11-20-3-2-4-21-5-7-24-8-6-21/h9-10,20H,2-8,11-12H2,1H3,(H2,19,22). The Morgan fingerprint density at radius 1 is 1.40 bits per heavy atom. The van der Waals surface area contributed by atoms with Crippen LogP contribution in [0.1, 0.15) is 12.0 Å². The third-order valence-electron chi connectivity index (χ3n) is 3.91. The molecule has 1 amide bonds. The molecule has 140 valence electrons. The van der Waals surface area contributed by atoms with Crippen LogP contribution in [0.3, 0.4) is 0 Å². The van der Waals surface area contributed by atoms with E-state index in [0.717, 1.165) is 51.4 Å². The van der Waals surface area contributed by atoms with Crippen LogP contribution in [-0.4, -0.2) is 63.9 Å². The summed E-state index contributed by atoms with van der Waals surface area (Å²) < 4.78 is 16.0. The number of rotatable bonds is 10. The molecule has 1 aromatic carbocycles. The van der Waals surface area contributed by atoms with E-state index in [1.165, 1.54) is 7.11 Å². The van der Waals surface area contributed by atoms with Crippen LogP contribution in [0.15, 0.2) is 12.1 Å². The lowest BCUT2D eigenvalue weighted by Crippen LogP contribution is -2.37. The van der Waals surface area contributed by atoms with Gasteiger partial charge in [0.05, 0.1) is 25.3 Å². The summed E-state index contributed by atoms with van der Waals surface area (Å²) in [5, 5.41) is 3.80. The Labute approximate surface area is 153 Å². The Balaban J connectivity index is 1.79. The summed E-state index contributed by atoms with van der Waals surface area (Å²) in [6, 6.07) is 3.65. The zero-order chi connectivity index (χ0) is 18.1. The van der Waals surface area contributed by atoms with Gasteiger partial charge in [-0.2, -0.15) is 0 Å². The maximum absolute atomic E-state index is 10.9. The number of carbonyl (C=O) groups excluding carboxylic acids is 1. The molecule has 1 fully saturated rings. The topological polar surface area (TPSA) is 86.1 Å². The van der Waals surface area contributed by atoms with Gasteiger partial charge in [0.1, 0.15) is 0 Å². The summed E-state index contributed by atoms with van der Waals surface area (Å²) in [6.45, 7) is 6.10. The van der Waals surface area contributed by atoms with Crippen molar-refractivity contribution in [1.29, 1.82) is 0 Å². The van der Waals surface area contributed by atoms with Crippen molar-refractivity contribution in [2.45, 2.75) is 13.0 Å². The average Bonchev–Trinajstić information content (AvgIpc) is 2.60. The van der Waals surface area contributed by atoms with Gasteiger partial charge in [-0.15, -0.1) is 0 Å². The number of benzene rings is 1. The highest BCUT2D eigenvalue weighted by molar-refractivity contribution is 6.32. The number of hydrogen-bond donors (Lipinski definition) is 2. The Bertz CT molecular complexity index is 565. The number of amides is 1. The zero-order valence-electron chi connectivity index (χ0n) is 14.6. The lowest BCUT2D eigenvalue weighted by Gasteiger charge is -2.26. The fourth-order valence-electron chi connectivity index (χ4n) is 2.64. The lowest BCUT2D eigenvalue weighted by molar-refractivity contribution is -0.119. The Hall–Kier alpha value is -1.54. The fraction of sp³-hybridized carbons (Fsp3) is 0.588. The van der Waals surface area contributed by atoms with E-state index in [2.05, 4.69) is 10.2 Å². The quantitative estimate of drug-likeness (QED) is 0.597. The van der Waals surface area contributed by atoms with Gasteiger partial charge < -0.3 is 25.3 Å². The molecule has 8 heteroatoms. The van der Waals surface area contributed by atoms with Gasteiger partial charge in [0, 0.05) is 19.6 Å². The Kier molecular flexibility index (Phi) is 8.27. The van der Waals surface area contributed by atoms with Crippen LogP contribution in [0.4, 0.5) is 0 Å². The molecule has 7 nitrogen and oxygen atoms in total. The minimum Gasteiger partial charge on any atom is -0.493 e. The van der Waals surface area contributed by atoms with E-state index < -0.39 is 5.91 Å². The predicted molar refractivity (Wildman–Crippen MR) is 96.3 cm³/mol. The van der Waals surface area contributed by atoms with Crippen molar-refractivity contribution in [3.05, 3.63) is 22.7 Å². The molecule has 2 rings (SSSR count). The lowest BCUT2D eigenvalue weighted by atomic mass is 10.2. The number of ether oxygens (including phenoxy) is 3. The summed E-state index contributed by atoms with van der Waals surface area (Å²) >= 11 is 6.24. The van der Waals surface area contributed by atoms with Crippen LogP contribution < -0.4 is 20.5 Å². The van der Waals surface area contributed by atoms with E-state index in [1.807, 2.05) is 6.07 Å². The monoisotopic (exact) mass is 371 g/mol. The van der Waals surface area contributed by atoms with Crippen molar-refractivity contribution in [2.24, 2.45) is 5.73 Å². The maximum atomic E-state index is 10.9. The molecule has 1 aliphatic heterocycles. The molecule has 0 unspecified atom stereocenters. The molecule has 1 saturated heterocycles. The first-order valence-electron chi connectivity index (χ1n) is 8.38. The van der Waals surface area contributed by atoms with E-state index in [4.69, 9.17) is 31.5 Å². The Morgan fingerprint density at radius 3 is 2.84 bits per heavy atom. The largest absolute Gasteiger partial charge is 0.493 e. The minimum atomic E-state index is -0.566. The highest BCUT2D eigenvalue weighted by Gasteiger charge is 2.13. The first kappa shape index (κ1) is 19.8. The number of nitrogens with one attached hydrogen (secondary N) is 1. The van der Waals surface area contributed by atoms with E-state index in [9.17, 15) is 4.79 Å². The van der Waals surface area contributed by atoms with E-state index >= 15 is 0 Å². The molecule has 0 saturated carbocycles. The van der Waals surface area contributed by atoms with Gasteiger partial charge in [-0.1, -0.05) is 11.6 Å². The van der Waals surface area contributed by atoms with Crippen molar-refractivity contribution in [3.8, 4) is 11.5 Å². The van der Waals surface area contributed by atoms with Crippen molar-refractivity contribution >= 4 is 17.5 Å². The molecule has 3 N–H and O–H groups in total. The summed E-state index contributed by atoms with van der Waals surface area (Å²) in [6.07, 6.45) is 1.07. The third-order valence-corrected chi connectivity index (χ3v) is 4.19. The molecule has 0 aromatic heterocycles. The van der Waals surface area contributed by atoms with Gasteiger partial charge in [-0.25, -0.2) is 0 Å². The number of nitrogens with two attached hydrogens (primary N) is 1. The van der Waals surface area contributed by atoms with Crippen molar-refractivity contribution in [3.63, 3.8) is 0 Å². The molecular formula is C17H26ClN3O4. The smallest absolute Gasteiger partial charge is 0.255 e. The highest BCUT2D eigenvalue weighted by atomic mass is 35.5. The van der Waals surface area contributed by atoms with Gasteiger partial charge in [-0.3, -0.25) is 9.69 Å². The average molecular weight is 372 g/mol. The Morgan fingerprint density at radius 2 is 2.16 bits per heavy atom. The molecule has 1 aromatic rings. The minimum absolute atomic E-state index is 0.241. The van der Waals surface area contributed by atoms with E-state index in [1.54, 1.807) is 6.07 Å². The molecule has 25 heavy (non-hydrogen) atoms. The van der Waals surface area contributed by atoms with Crippen molar-refractivity contribution in [1.82, 2.24) is 10.2 Å². The van der Waals surface area contributed by atoms with Gasteiger partial charge in [0.15, 0.2) is 18.1 Å². The van der Waals surface area contributed by atoms with Gasteiger partial charge in [0.2, 0.25) is 0 Å². The molecule has 0 radical (unpaired) electrons. The molecule has 0 aliphatic carbocycles. The molecule has 0 spiro atoms. The fourth-order valence-corrected chi connectivity index (χ4v) is 2.93. The second-order valence-electron chi connectivity index (χ2n) is 5.85. The SMILES string of the molecule is COc1cc(CNCCCN2CCOCC2)cc(Cl)c1OCC(N)=O. The van der Waals surface area contributed by atoms with Gasteiger partial charge in [0.25, 0.3) is 5.91 Å². The molecular weight excluding hydrogens is 346 g/mol. The summed E-state index contributed by atoms with van der Waals surface area (Å²) in [4.78, 5) is 13.3. The van der Waals surface area contributed by atoms with Crippen LogP contribution in [0.25, 0.3) is 0 Å². The third kappa shape index (κ3) is 6.70. The molecule has 1 aliphatic rings. The number of carbonyl (C=O) groups is 1. The predicted octanol–water partition coefficient (Wildman–Crippen LogP) is 1.02. The van der Waals surface area contributed by atoms with Crippen molar-refractivity contribution < 1.29 is 19.0 Å². The summed E-state index contributed by atoms with van der Waals surface area (Å²) in [5.74, 6) is 0.252. The number of morpholine rings is 1. The first-order valence-corrected chi connectivity index (χ1v) is 8.76. The first-order chi connectivity index (χ1) is 12.1. The van der Waals surface area contributed by atoms with E-state index in [-0.39, 0.29) is 6.61 Å². The summed E-state index contributed by atoms with van der Waals surface area (Å²) in [7, 11) is 1.53. The normalized spacial score (nSPS) is 15.1. The number of methoxy groups -OCH3 is 1. The number of nitrogens with zero attached hydrogens (tertiary/aromatic N) is 1. The molecule has 1 heterocycles. The van der Waals surface area contributed by atoms with Gasteiger partial charge in [-0.05, 0) is 37.2 Å². The number of hydrogen-bond acceptors (Lipinski definition) is 6. The second kappa shape index (κ2) is 10.5. The molecule has 0 atom stereocenters.